The number of benzene rings is 2. The second-order valence-corrected chi connectivity index (χ2v) is 4.20. The third-order valence-corrected chi connectivity index (χ3v) is 3.19. The summed E-state index contributed by atoms with van der Waals surface area (Å²) in [5, 5.41) is 2.49. The van der Waals surface area contributed by atoms with Gasteiger partial charge in [0, 0.05) is 0 Å². The molecule has 0 heterocycles. The molecule has 0 unspecified atom stereocenters. The van der Waals surface area contributed by atoms with Crippen LogP contribution in [0.4, 0.5) is 0 Å². The number of hydrogen-bond acceptors (Lipinski definition) is 2. The molecule has 0 atom stereocenters. The summed E-state index contributed by atoms with van der Waals surface area (Å²) in [6, 6.07) is 12.7. The fourth-order valence-corrected chi connectivity index (χ4v) is 2.36. The summed E-state index contributed by atoms with van der Waals surface area (Å²) in [6.45, 7) is 0.870. The number of carbonyl (C=O) groups excluding carboxylic acids is 1. The minimum atomic E-state index is 0.370. The van der Waals surface area contributed by atoms with Gasteiger partial charge in [0.1, 0.15) is 6.61 Å². The van der Waals surface area contributed by atoms with E-state index in [0.29, 0.717) is 13.1 Å². The van der Waals surface area contributed by atoms with Crippen LogP contribution in [-0.2, 0) is 16.0 Å². The minimum absolute atomic E-state index is 0.370. The number of hydrogen-bond donors (Lipinski definition) is 0. The fourth-order valence-electron chi connectivity index (χ4n) is 2.36. The minimum Gasteiger partial charge on any atom is -0.463 e. The van der Waals surface area contributed by atoms with Crippen LogP contribution < -0.4 is 0 Å². The summed E-state index contributed by atoms with van der Waals surface area (Å²) in [4.78, 5) is 10.2. The third-order valence-electron chi connectivity index (χ3n) is 3.19. The molecule has 0 N–H and O–H groups in total. The molecule has 0 saturated heterocycles. The topological polar surface area (TPSA) is 26.3 Å². The number of allylic oxidation sites excluding steroid dienone is 1. The van der Waals surface area contributed by atoms with Gasteiger partial charge < -0.3 is 4.74 Å². The van der Waals surface area contributed by atoms with Crippen LogP contribution in [0.3, 0.4) is 0 Å². The smallest absolute Gasteiger partial charge is 0.293 e. The van der Waals surface area contributed by atoms with Gasteiger partial charge >= 0.3 is 0 Å². The molecule has 1 aliphatic carbocycles. The molecule has 0 aliphatic heterocycles. The van der Waals surface area contributed by atoms with E-state index < -0.39 is 0 Å². The van der Waals surface area contributed by atoms with E-state index in [1.54, 1.807) is 0 Å². The zero-order chi connectivity index (χ0) is 11.7. The summed E-state index contributed by atoms with van der Waals surface area (Å²) in [5.74, 6) is 0. The van der Waals surface area contributed by atoms with Gasteiger partial charge in [-0.1, -0.05) is 36.4 Å². The van der Waals surface area contributed by atoms with Gasteiger partial charge in [0.2, 0.25) is 0 Å². The van der Waals surface area contributed by atoms with E-state index in [0.717, 1.165) is 12.0 Å². The number of fused-ring (bicyclic) bond motifs is 2. The average Bonchev–Trinajstić information content (AvgIpc) is 2.76. The SMILES string of the molecule is O=COCC1=CCc2cc3ccccc3cc21. The molecule has 2 aromatic carbocycles. The molecular weight excluding hydrogens is 212 g/mol. The van der Waals surface area contributed by atoms with E-state index in [9.17, 15) is 4.79 Å². The lowest BCUT2D eigenvalue weighted by atomic mass is 10.00. The van der Waals surface area contributed by atoms with Crippen LogP contribution in [0, 0.1) is 0 Å². The van der Waals surface area contributed by atoms with Crippen molar-refractivity contribution in [3.63, 3.8) is 0 Å². The summed E-state index contributed by atoms with van der Waals surface area (Å²) in [5.41, 5.74) is 3.64. The van der Waals surface area contributed by atoms with E-state index in [-0.39, 0.29) is 0 Å². The Morgan fingerprint density at radius 1 is 1.18 bits per heavy atom. The van der Waals surface area contributed by atoms with Gasteiger partial charge in [0.15, 0.2) is 0 Å². The Morgan fingerprint density at radius 2 is 1.94 bits per heavy atom. The first-order chi connectivity index (χ1) is 8.38. The van der Waals surface area contributed by atoms with Crippen LogP contribution in [-0.4, -0.2) is 13.1 Å². The molecule has 3 rings (SSSR count). The molecule has 0 bridgehead atoms. The normalized spacial score (nSPS) is 13.3. The highest BCUT2D eigenvalue weighted by atomic mass is 16.5. The lowest BCUT2D eigenvalue weighted by Gasteiger charge is -2.07. The van der Waals surface area contributed by atoms with E-state index in [1.165, 1.54) is 21.9 Å². The molecule has 2 heteroatoms. The largest absolute Gasteiger partial charge is 0.463 e. The van der Waals surface area contributed by atoms with Gasteiger partial charge in [-0.15, -0.1) is 0 Å². The number of rotatable bonds is 3. The van der Waals surface area contributed by atoms with Crippen molar-refractivity contribution in [3.05, 3.63) is 53.6 Å². The first-order valence-corrected chi connectivity index (χ1v) is 5.65. The number of ether oxygens (including phenoxy) is 1. The van der Waals surface area contributed by atoms with Crippen molar-refractivity contribution in [2.75, 3.05) is 6.61 Å². The van der Waals surface area contributed by atoms with Crippen molar-refractivity contribution < 1.29 is 9.53 Å². The maximum atomic E-state index is 10.2. The van der Waals surface area contributed by atoms with Crippen molar-refractivity contribution in [1.82, 2.24) is 0 Å². The van der Waals surface area contributed by atoms with Gasteiger partial charge in [-0.3, -0.25) is 4.79 Å². The van der Waals surface area contributed by atoms with E-state index >= 15 is 0 Å². The summed E-state index contributed by atoms with van der Waals surface area (Å²) in [7, 11) is 0. The first-order valence-electron chi connectivity index (χ1n) is 5.65. The van der Waals surface area contributed by atoms with E-state index in [4.69, 9.17) is 4.74 Å². The molecule has 0 amide bonds. The highest BCUT2D eigenvalue weighted by Gasteiger charge is 2.14. The van der Waals surface area contributed by atoms with Crippen molar-refractivity contribution >= 4 is 22.8 Å². The fraction of sp³-hybridized carbons (Fsp3) is 0.133. The van der Waals surface area contributed by atoms with Gasteiger partial charge in [-0.25, -0.2) is 0 Å². The quantitative estimate of drug-likeness (QED) is 0.749. The maximum absolute atomic E-state index is 10.2. The summed E-state index contributed by atoms with van der Waals surface area (Å²) in [6.07, 6.45) is 3.06. The zero-order valence-electron chi connectivity index (χ0n) is 9.35. The Labute approximate surface area is 99.5 Å². The van der Waals surface area contributed by atoms with Crippen LogP contribution >= 0.6 is 0 Å². The molecule has 17 heavy (non-hydrogen) atoms. The Morgan fingerprint density at radius 3 is 2.71 bits per heavy atom. The van der Waals surface area contributed by atoms with Crippen molar-refractivity contribution in [3.8, 4) is 0 Å². The second kappa shape index (κ2) is 4.06. The molecule has 2 aromatic rings. The monoisotopic (exact) mass is 224 g/mol. The molecule has 84 valence electrons. The van der Waals surface area contributed by atoms with Crippen molar-refractivity contribution in [2.45, 2.75) is 6.42 Å². The van der Waals surface area contributed by atoms with Gasteiger partial charge in [0.05, 0.1) is 0 Å². The lowest BCUT2D eigenvalue weighted by Crippen LogP contribution is -1.94. The summed E-state index contributed by atoms with van der Waals surface area (Å²) >= 11 is 0. The van der Waals surface area contributed by atoms with Crippen LogP contribution in [0.5, 0.6) is 0 Å². The summed E-state index contributed by atoms with van der Waals surface area (Å²) < 4.78 is 4.84. The Bertz CT molecular complexity index is 611. The molecule has 0 radical (unpaired) electrons. The van der Waals surface area contributed by atoms with Gasteiger partial charge in [-0.2, -0.15) is 0 Å². The van der Waals surface area contributed by atoms with Crippen LogP contribution in [0.25, 0.3) is 16.3 Å². The number of carbonyl (C=O) groups is 1. The Kier molecular flexibility index (Phi) is 2.41. The molecule has 0 saturated carbocycles. The van der Waals surface area contributed by atoms with Gasteiger partial charge in [-0.05, 0) is 40.0 Å². The second-order valence-electron chi connectivity index (χ2n) is 4.20. The van der Waals surface area contributed by atoms with Crippen LogP contribution in [0.1, 0.15) is 11.1 Å². The Balaban J connectivity index is 2.06. The highest BCUT2D eigenvalue weighted by Crippen LogP contribution is 2.31. The predicted molar refractivity (Wildman–Crippen MR) is 67.6 cm³/mol. The molecule has 0 fully saturated rings. The van der Waals surface area contributed by atoms with Crippen molar-refractivity contribution in [1.29, 1.82) is 0 Å². The van der Waals surface area contributed by atoms with E-state index in [1.807, 2.05) is 12.1 Å². The molecule has 1 aliphatic rings. The predicted octanol–water partition coefficient (Wildman–Crippen LogP) is 2.95. The molecule has 0 spiro atoms. The standard InChI is InChI=1S/C15H12O2/c16-10-17-9-14-6-5-13-7-11-3-1-2-4-12(11)8-15(13)14/h1-4,6-8,10H,5,9H2. The van der Waals surface area contributed by atoms with E-state index in [2.05, 4.69) is 30.3 Å². The average molecular weight is 224 g/mol. The molecule has 2 nitrogen and oxygen atoms in total. The Hall–Kier alpha value is -2.09. The van der Waals surface area contributed by atoms with Crippen LogP contribution in [0.15, 0.2) is 42.5 Å². The van der Waals surface area contributed by atoms with Crippen molar-refractivity contribution in [2.24, 2.45) is 0 Å². The molecular formula is C15H12O2. The molecule has 0 aromatic heterocycles. The first kappa shape index (κ1) is 10.1. The van der Waals surface area contributed by atoms with Crippen LogP contribution in [0.2, 0.25) is 0 Å². The maximum Gasteiger partial charge on any atom is 0.293 e. The lowest BCUT2D eigenvalue weighted by molar-refractivity contribution is -0.127. The highest BCUT2D eigenvalue weighted by molar-refractivity contribution is 5.89. The van der Waals surface area contributed by atoms with Gasteiger partial charge in [0.25, 0.3) is 6.47 Å². The third kappa shape index (κ3) is 1.72. The zero-order valence-corrected chi connectivity index (χ0v) is 9.35.